The monoisotopic (exact) mass is 478 g/mol. The molecule has 0 saturated carbocycles. The van der Waals surface area contributed by atoms with E-state index in [0.717, 1.165) is 0 Å². The molecule has 0 spiro atoms. The molecule has 0 fully saturated rings. The molecule has 0 aliphatic carbocycles. The van der Waals surface area contributed by atoms with Crippen LogP contribution in [0.2, 0.25) is 0 Å². The van der Waals surface area contributed by atoms with Gasteiger partial charge in [0.05, 0.1) is 10.2 Å². The van der Waals surface area contributed by atoms with Gasteiger partial charge in [-0.1, -0.05) is 0 Å². The van der Waals surface area contributed by atoms with Crippen molar-refractivity contribution < 1.29 is 74.6 Å². The van der Waals surface area contributed by atoms with E-state index in [4.69, 9.17) is 0 Å². The summed E-state index contributed by atoms with van der Waals surface area (Å²) >= 11 is 0. The van der Waals surface area contributed by atoms with E-state index in [1.165, 1.54) is 0 Å². The summed E-state index contributed by atoms with van der Waals surface area (Å²) in [6.07, 6.45) is -15.5. The van der Waals surface area contributed by atoms with E-state index in [2.05, 4.69) is 0 Å². The molecule has 0 aromatic heterocycles. The lowest BCUT2D eigenvalue weighted by molar-refractivity contribution is -0.432. The fraction of sp³-hybridized carbons (Fsp3) is 1.00. The molecule has 3 atom stereocenters. The normalized spacial score (nSPS) is 19.1. The molecule has 0 saturated heterocycles. The Bertz CT molecular complexity index is 540. The highest BCUT2D eigenvalue weighted by Gasteiger charge is 2.91. The summed E-state index contributed by atoms with van der Waals surface area (Å²) in [6, 6.07) is 0. The molecule has 0 heterocycles. The van der Waals surface area contributed by atoms with Crippen molar-refractivity contribution in [3.63, 3.8) is 0 Å². The Morgan fingerprint density at radius 2 is 0.750 bits per heavy atom. The fourth-order valence-corrected chi connectivity index (χ4v) is 1.93. The maximum atomic E-state index is 13.2. The van der Waals surface area contributed by atoms with Crippen molar-refractivity contribution in [3.05, 3.63) is 0 Å². The lowest BCUT2D eigenvalue weighted by atomic mass is 9.89. The third-order valence-corrected chi connectivity index (χ3v) is 4.11. The molecule has 0 aliphatic heterocycles. The maximum Gasteiger partial charge on any atom is 0.384 e. The minimum Gasteiger partial charge on any atom is -0.246 e. The molecule has 0 rings (SSSR count). The highest BCUT2D eigenvalue weighted by Crippen LogP contribution is 2.61. The predicted molar refractivity (Wildman–Crippen MR) is 60.3 cm³/mol. The zero-order valence-corrected chi connectivity index (χ0v) is 14.7. The van der Waals surface area contributed by atoms with Crippen LogP contribution in [0.25, 0.3) is 0 Å². The summed E-state index contributed by atoms with van der Waals surface area (Å²) in [5.74, 6) is -50.9. The summed E-state index contributed by atoms with van der Waals surface area (Å²) in [5, 5.41) is 0. The van der Waals surface area contributed by atoms with Gasteiger partial charge in [0.25, 0.3) is 6.43 Å². The van der Waals surface area contributed by atoms with E-state index in [1.54, 1.807) is 0 Å². The third-order valence-electron chi connectivity index (χ3n) is 3.39. The SMILES string of the molecule is FC(F)C(F)C(F)C(F)(F)C(F)(F)C(F)(F)C(F)(F)C(F)(F)C(F)(F)C(F)[SiH3]. The average molecular weight is 478 g/mol. The van der Waals surface area contributed by atoms with Gasteiger partial charge in [0.15, 0.2) is 6.17 Å². The summed E-state index contributed by atoms with van der Waals surface area (Å²) in [5.41, 5.74) is 0. The maximum absolute atomic E-state index is 13.2. The minimum absolute atomic E-state index is 1.75. The molecule has 28 heavy (non-hydrogen) atoms. The van der Waals surface area contributed by atoms with Crippen LogP contribution < -0.4 is 0 Å². The molecule has 0 radical (unpaired) electrons. The Kier molecular flexibility index (Phi) is 7.12. The number of halogens is 17. The second kappa shape index (κ2) is 7.37. The standard InChI is InChI=1S/C10H7F17Si/c11-1(3(13)14)2(12)5(16,17)7(20,21)9(24,25)10(26,27)8(22,23)6(18,19)4(15)28/h1-4H,28H3. The first-order valence-electron chi connectivity index (χ1n) is 6.43. The van der Waals surface area contributed by atoms with Crippen LogP contribution in [-0.2, 0) is 0 Å². The lowest BCUT2D eigenvalue weighted by Crippen LogP contribution is -2.73. The number of hydrogen-bond donors (Lipinski definition) is 0. The van der Waals surface area contributed by atoms with Crippen LogP contribution in [0.3, 0.4) is 0 Å². The van der Waals surface area contributed by atoms with Crippen LogP contribution in [0, 0.1) is 0 Å². The summed E-state index contributed by atoms with van der Waals surface area (Å²) in [4.78, 5) is 0. The van der Waals surface area contributed by atoms with Gasteiger partial charge >= 0.3 is 35.5 Å². The van der Waals surface area contributed by atoms with Crippen LogP contribution in [-0.4, -0.2) is 70.3 Å². The van der Waals surface area contributed by atoms with Crippen molar-refractivity contribution in [2.24, 2.45) is 0 Å². The molecule has 0 N–H and O–H groups in total. The van der Waals surface area contributed by atoms with Gasteiger partial charge in [0, 0.05) is 0 Å². The first kappa shape index (κ1) is 27.0. The van der Waals surface area contributed by atoms with Gasteiger partial charge in [0.1, 0.15) is 5.79 Å². The zero-order chi connectivity index (χ0) is 23.3. The number of hydrogen-bond acceptors (Lipinski definition) is 0. The first-order valence-corrected chi connectivity index (χ1v) is 7.58. The van der Waals surface area contributed by atoms with E-state index in [1.807, 2.05) is 0 Å². The van der Waals surface area contributed by atoms with Gasteiger partial charge in [-0.3, -0.25) is 0 Å². The molecule has 0 aliphatic rings. The van der Waals surface area contributed by atoms with E-state index >= 15 is 0 Å². The molecular weight excluding hydrogens is 471 g/mol. The predicted octanol–water partition coefficient (Wildman–Crippen LogP) is 4.40. The lowest BCUT2D eigenvalue weighted by Gasteiger charge is -2.42. The van der Waals surface area contributed by atoms with Crippen LogP contribution in [0.15, 0.2) is 0 Å². The van der Waals surface area contributed by atoms with Crippen molar-refractivity contribution in [2.75, 3.05) is 0 Å². The average Bonchev–Trinajstić information content (AvgIpc) is 2.51. The van der Waals surface area contributed by atoms with E-state index in [-0.39, 0.29) is 0 Å². The zero-order valence-electron chi connectivity index (χ0n) is 12.7. The number of rotatable bonds is 9. The minimum atomic E-state index is -8.29. The molecule has 0 aromatic rings. The quantitative estimate of drug-likeness (QED) is 0.341. The van der Waals surface area contributed by atoms with Crippen molar-refractivity contribution in [1.29, 1.82) is 0 Å². The molecule has 18 heteroatoms. The van der Waals surface area contributed by atoms with Gasteiger partial charge in [0.2, 0.25) is 6.17 Å². The van der Waals surface area contributed by atoms with Crippen molar-refractivity contribution in [1.82, 2.24) is 0 Å². The molecule has 170 valence electrons. The molecule has 0 bridgehead atoms. The molecular formula is C10H7F17Si. The van der Waals surface area contributed by atoms with Gasteiger partial charge in [-0.2, -0.15) is 52.7 Å². The summed E-state index contributed by atoms with van der Waals surface area (Å²) in [7, 11) is -1.75. The molecule has 0 aromatic carbocycles. The number of alkyl halides is 17. The van der Waals surface area contributed by atoms with Crippen LogP contribution in [0.5, 0.6) is 0 Å². The van der Waals surface area contributed by atoms with Crippen LogP contribution in [0.4, 0.5) is 74.6 Å². The molecule has 3 unspecified atom stereocenters. The van der Waals surface area contributed by atoms with Gasteiger partial charge in [-0.15, -0.1) is 0 Å². The largest absolute Gasteiger partial charge is 0.384 e. The van der Waals surface area contributed by atoms with E-state index in [0.29, 0.717) is 0 Å². The summed E-state index contributed by atoms with van der Waals surface area (Å²) in [6.45, 7) is 0. The van der Waals surface area contributed by atoms with Crippen molar-refractivity contribution >= 4 is 10.2 Å². The molecule has 0 amide bonds. The Labute approximate surface area is 146 Å². The summed E-state index contributed by atoms with van der Waals surface area (Å²) < 4.78 is 218. The molecule has 0 nitrogen and oxygen atoms in total. The Balaban J connectivity index is 6.47. The van der Waals surface area contributed by atoms with Gasteiger partial charge in [-0.25, -0.2) is 22.0 Å². The highest BCUT2D eigenvalue weighted by molar-refractivity contribution is 6.11. The van der Waals surface area contributed by atoms with Crippen LogP contribution >= 0.6 is 0 Å². The first-order chi connectivity index (χ1) is 12.0. The van der Waals surface area contributed by atoms with Gasteiger partial charge in [-0.05, 0) is 0 Å². The second-order valence-corrected chi connectivity index (χ2v) is 6.35. The Morgan fingerprint density at radius 1 is 0.464 bits per heavy atom. The third kappa shape index (κ3) is 3.52. The Hall–Kier alpha value is -0.973. The highest BCUT2D eigenvalue weighted by atomic mass is 28.1. The smallest absolute Gasteiger partial charge is 0.246 e. The van der Waals surface area contributed by atoms with Crippen molar-refractivity contribution in [2.45, 2.75) is 60.1 Å². The van der Waals surface area contributed by atoms with Crippen LogP contribution in [0.1, 0.15) is 0 Å². The van der Waals surface area contributed by atoms with Gasteiger partial charge < -0.3 is 0 Å². The second-order valence-electron chi connectivity index (χ2n) is 5.34. The van der Waals surface area contributed by atoms with Crippen molar-refractivity contribution in [3.8, 4) is 0 Å². The van der Waals surface area contributed by atoms with E-state index in [9.17, 15) is 74.6 Å². The topological polar surface area (TPSA) is 0 Å². The Morgan fingerprint density at radius 3 is 1.00 bits per heavy atom. The fourth-order valence-electron chi connectivity index (χ4n) is 1.56. The van der Waals surface area contributed by atoms with E-state index < -0.39 is 70.3 Å².